The number of carboxylic acid groups (broad SMARTS) is 1. The van der Waals surface area contributed by atoms with Crippen LogP contribution in [-0.2, 0) is 7.05 Å². The van der Waals surface area contributed by atoms with Gasteiger partial charge in [0.05, 0.1) is 5.69 Å². The molecular formula is C13H11N3O4. The Balaban J connectivity index is 2.30. The van der Waals surface area contributed by atoms with Gasteiger partial charge in [-0.25, -0.2) is 9.78 Å². The predicted molar refractivity (Wildman–Crippen MR) is 70.8 cm³/mol. The number of amides is 1. The average Bonchev–Trinajstić information content (AvgIpc) is 2.42. The molecule has 2 rings (SSSR count). The lowest BCUT2D eigenvalue weighted by molar-refractivity contribution is 0.0692. The van der Waals surface area contributed by atoms with Crippen molar-refractivity contribution in [3.05, 3.63) is 58.3 Å². The maximum atomic E-state index is 12.0. The Kier molecular flexibility index (Phi) is 3.60. The molecule has 0 aliphatic heterocycles. The fraction of sp³-hybridized carbons (Fsp3) is 0.0769. The van der Waals surface area contributed by atoms with Crippen molar-refractivity contribution >= 4 is 17.6 Å². The van der Waals surface area contributed by atoms with Crippen LogP contribution in [0.4, 0.5) is 5.69 Å². The van der Waals surface area contributed by atoms with Gasteiger partial charge in [0.1, 0.15) is 0 Å². The van der Waals surface area contributed by atoms with E-state index in [0.29, 0.717) is 0 Å². The lowest BCUT2D eigenvalue weighted by Gasteiger charge is -2.07. The second kappa shape index (κ2) is 5.35. The largest absolute Gasteiger partial charge is 0.476 e. The summed E-state index contributed by atoms with van der Waals surface area (Å²) in [6.07, 6.45) is 2.77. The van der Waals surface area contributed by atoms with E-state index in [0.717, 1.165) is 0 Å². The molecule has 0 saturated heterocycles. The van der Waals surface area contributed by atoms with Crippen LogP contribution < -0.4 is 10.9 Å². The first-order valence-corrected chi connectivity index (χ1v) is 5.65. The number of aryl methyl sites for hydroxylation is 1. The molecule has 0 atom stereocenters. The molecule has 1 amide bonds. The summed E-state index contributed by atoms with van der Waals surface area (Å²) < 4.78 is 1.32. The number of pyridine rings is 2. The van der Waals surface area contributed by atoms with Gasteiger partial charge in [-0.3, -0.25) is 9.59 Å². The van der Waals surface area contributed by atoms with Crippen molar-refractivity contribution in [3.63, 3.8) is 0 Å². The summed E-state index contributed by atoms with van der Waals surface area (Å²) in [5, 5.41) is 11.4. The lowest BCUT2D eigenvalue weighted by atomic mass is 10.2. The zero-order chi connectivity index (χ0) is 14.7. The number of rotatable bonds is 3. The molecule has 0 aliphatic carbocycles. The Bertz CT molecular complexity index is 736. The summed E-state index contributed by atoms with van der Waals surface area (Å²) in [5.74, 6) is -1.82. The Morgan fingerprint density at radius 2 is 2.10 bits per heavy atom. The summed E-state index contributed by atoms with van der Waals surface area (Å²) >= 11 is 0. The number of hydrogen-bond acceptors (Lipinski definition) is 4. The fourth-order valence-electron chi connectivity index (χ4n) is 1.56. The SMILES string of the molecule is Cn1ccc(C(=O)Nc2cccnc2C(=O)O)cc1=O. The normalized spacial score (nSPS) is 10.1. The van der Waals surface area contributed by atoms with E-state index < -0.39 is 11.9 Å². The molecule has 2 aromatic heterocycles. The quantitative estimate of drug-likeness (QED) is 0.858. The molecule has 0 fully saturated rings. The van der Waals surface area contributed by atoms with Crippen LogP contribution in [0.5, 0.6) is 0 Å². The van der Waals surface area contributed by atoms with E-state index in [1.807, 2.05) is 0 Å². The van der Waals surface area contributed by atoms with Crippen molar-refractivity contribution in [3.8, 4) is 0 Å². The Labute approximate surface area is 113 Å². The van der Waals surface area contributed by atoms with Crippen molar-refractivity contribution in [2.45, 2.75) is 0 Å². The number of carboxylic acids is 1. The molecule has 0 aromatic carbocycles. The van der Waals surface area contributed by atoms with Crippen molar-refractivity contribution in [2.24, 2.45) is 7.05 Å². The second-order valence-corrected chi connectivity index (χ2v) is 4.02. The van der Waals surface area contributed by atoms with Crippen LogP contribution in [0.15, 0.2) is 41.5 Å². The highest BCUT2D eigenvalue weighted by Gasteiger charge is 2.14. The number of aromatic carboxylic acids is 1. The molecule has 20 heavy (non-hydrogen) atoms. The Hall–Kier alpha value is -2.96. The van der Waals surface area contributed by atoms with Crippen LogP contribution in [0.2, 0.25) is 0 Å². The van der Waals surface area contributed by atoms with Gasteiger partial charge in [-0.1, -0.05) is 0 Å². The summed E-state index contributed by atoms with van der Waals surface area (Å²) in [6, 6.07) is 5.57. The molecule has 7 nitrogen and oxygen atoms in total. The second-order valence-electron chi connectivity index (χ2n) is 4.02. The maximum absolute atomic E-state index is 12.0. The molecule has 0 aliphatic rings. The van der Waals surface area contributed by atoms with Gasteiger partial charge in [0.2, 0.25) is 0 Å². The van der Waals surface area contributed by atoms with Crippen molar-refractivity contribution in [2.75, 3.05) is 5.32 Å². The van der Waals surface area contributed by atoms with E-state index >= 15 is 0 Å². The first-order valence-electron chi connectivity index (χ1n) is 5.65. The molecule has 2 aromatic rings. The third kappa shape index (κ3) is 2.72. The van der Waals surface area contributed by atoms with E-state index in [4.69, 9.17) is 5.11 Å². The van der Waals surface area contributed by atoms with Crippen molar-refractivity contribution in [1.29, 1.82) is 0 Å². The van der Waals surface area contributed by atoms with E-state index in [2.05, 4.69) is 10.3 Å². The smallest absolute Gasteiger partial charge is 0.356 e. The molecule has 0 bridgehead atoms. The number of anilines is 1. The summed E-state index contributed by atoms with van der Waals surface area (Å²) in [4.78, 5) is 38.1. The zero-order valence-corrected chi connectivity index (χ0v) is 10.5. The van der Waals surface area contributed by atoms with Crippen LogP contribution in [0.25, 0.3) is 0 Å². The highest BCUT2D eigenvalue weighted by atomic mass is 16.4. The Morgan fingerprint density at radius 3 is 2.75 bits per heavy atom. The third-order valence-corrected chi connectivity index (χ3v) is 2.62. The molecule has 0 saturated carbocycles. The topological polar surface area (TPSA) is 101 Å². The summed E-state index contributed by atoms with van der Waals surface area (Å²) in [7, 11) is 1.56. The van der Waals surface area contributed by atoms with Gasteiger partial charge >= 0.3 is 5.97 Å². The standard InChI is InChI=1S/C13H11N3O4/c1-16-6-4-8(7-10(16)17)12(18)15-9-3-2-5-14-11(9)13(19)20/h2-7H,1H3,(H,15,18)(H,19,20). The number of carbonyl (C=O) groups is 2. The Morgan fingerprint density at radius 1 is 1.35 bits per heavy atom. The van der Waals surface area contributed by atoms with Gasteiger partial charge in [-0.15, -0.1) is 0 Å². The fourth-order valence-corrected chi connectivity index (χ4v) is 1.56. The van der Waals surface area contributed by atoms with Gasteiger partial charge in [-0.2, -0.15) is 0 Å². The summed E-state index contributed by atoms with van der Waals surface area (Å²) in [6.45, 7) is 0. The maximum Gasteiger partial charge on any atom is 0.356 e. The number of nitrogens with zero attached hydrogens (tertiary/aromatic N) is 2. The van der Waals surface area contributed by atoms with Gasteiger partial charge < -0.3 is 15.0 Å². The van der Waals surface area contributed by atoms with Crippen LogP contribution in [0, 0.1) is 0 Å². The minimum atomic E-state index is -1.25. The molecule has 2 N–H and O–H groups in total. The molecule has 0 radical (unpaired) electrons. The lowest BCUT2D eigenvalue weighted by Crippen LogP contribution is -2.21. The van der Waals surface area contributed by atoms with E-state index in [1.165, 1.54) is 41.2 Å². The van der Waals surface area contributed by atoms with Crippen LogP contribution in [0.3, 0.4) is 0 Å². The summed E-state index contributed by atoms with van der Waals surface area (Å²) in [5.41, 5.74) is -0.369. The molecule has 7 heteroatoms. The van der Waals surface area contributed by atoms with E-state index in [-0.39, 0.29) is 22.5 Å². The van der Waals surface area contributed by atoms with E-state index in [9.17, 15) is 14.4 Å². The monoisotopic (exact) mass is 273 g/mol. The van der Waals surface area contributed by atoms with Crippen LogP contribution in [-0.4, -0.2) is 26.5 Å². The van der Waals surface area contributed by atoms with Crippen LogP contribution in [0.1, 0.15) is 20.8 Å². The molecule has 0 spiro atoms. The van der Waals surface area contributed by atoms with Crippen molar-refractivity contribution in [1.82, 2.24) is 9.55 Å². The first-order chi connectivity index (χ1) is 9.49. The van der Waals surface area contributed by atoms with Crippen molar-refractivity contribution < 1.29 is 14.7 Å². The average molecular weight is 273 g/mol. The highest BCUT2D eigenvalue weighted by Crippen LogP contribution is 2.13. The number of nitrogens with one attached hydrogen (secondary N) is 1. The van der Waals surface area contributed by atoms with E-state index in [1.54, 1.807) is 7.05 Å². The number of aromatic nitrogens is 2. The first kappa shape index (κ1) is 13.5. The number of hydrogen-bond donors (Lipinski definition) is 2. The molecule has 102 valence electrons. The van der Waals surface area contributed by atoms with Crippen LogP contribution >= 0.6 is 0 Å². The predicted octanol–water partition coefficient (Wildman–Crippen LogP) is 0.731. The molecule has 2 heterocycles. The number of carbonyl (C=O) groups excluding carboxylic acids is 1. The third-order valence-electron chi connectivity index (χ3n) is 2.62. The van der Waals surface area contributed by atoms with Gasteiger partial charge in [0.25, 0.3) is 11.5 Å². The zero-order valence-electron chi connectivity index (χ0n) is 10.5. The highest BCUT2D eigenvalue weighted by molar-refractivity contribution is 6.07. The van der Waals surface area contributed by atoms with Gasteiger partial charge in [0.15, 0.2) is 5.69 Å². The minimum Gasteiger partial charge on any atom is -0.476 e. The molecular weight excluding hydrogens is 262 g/mol. The minimum absolute atomic E-state index is 0.0747. The van der Waals surface area contributed by atoms with Gasteiger partial charge in [-0.05, 0) is 18.2 Å². The molecule has 0 unspecified atom stereocenters. The van der Waals surface area contributed by atoms with Gasteiger partial charge in [0, 0.05) is 31.1 Å².